The maximum absolute atomic E-state index is 11.4. The van der Waals surface area contributed by atoms with E-state index in [2.05, 4.69) is 9.72 Å². The highest BCUT2D eigenvalue weighted by molar-refractivity contribution is 6.29. The Kier molecular flexibility index (Phi) is 3.79. The molecule has 2 rings (SSSR count). The number of ether oxygens (including phenoxy) is 2. The molecule has 1 aromatic heterocycles. The van der Waals surface area contributed by atoms with E-state index in [0.717, 1.165) is 0 Å². The minimum atomic E-state index is -0.409. The van der Waals surface area contributed by atoms with Crippen molar-refractivity contribution in [2.45, 2.75) is 0 Å². The van der Waals surface area contributed by atoms with E-state index in [0.29, 0.717) is 22.2 Å². The van der Waals surface area contributed by atoms with Crippen molar-refractivity contribution < 1.29 is 14.3 Å². The van der Waals surface area contributed by atoms with Gasteiger partial charge in [-0.1, -0.05) is 17.7 Å². The summed E-state index contributed by atoms with van der Waals surface area (Å²) in [5, 5.41) is 0.344. The van der Waals surface area contributed by atoms with Crippen LogP contribution in [0.5, 0.6) is 11.5 Å². The first-order chi connectivity index (χ1) is 8.69. The number of esters is 1. The van der Waals surface area contributed by atoms with Gasteiger partial charge >= 0.3 is 5.97 Å². The highest BCUT2D eigenvalue weighted by Gasteiger charge is 2.06. The SMILES string of the molecule is COC(=O)c1cccc(Oc2ccnc(Cl)c2)c1. The lowest BCUT2D eigenvalue weighted by Gasteiger charge is -2.06. The molecule has 0 saturated carbocycles. The van der Waals surface area contributed by atoms with Gasteiger partial charge in [0.1, 0.15) is 16.7 Å². The first-order valence-electron chi connectivity index (χ1n) is 5.17. The standard InChI is InChI=1S/C13H10ClNO3/c1-17-13(16)9-3-2-4-10(7-9)18-11-5-6-15-12(14)8-11/h2-8H,1H3. The molecular formula is C13H10ClNO3. The van der Waals surface area contributed by atoms with Gasteiger partial charge in [0.15, 0.2) is 0 Å². The van der Waals surface area contributed by atoms with Crippen LogP contribution in [-0.2, 0) is 4.74 Å². The van der Waals surface area contributed by atoms with Gasteiger partial charge in [0.25, 0.3) is 0 Å². The third kappa shape index (κ3) is 2.99. The lowest BCUT2D eigenvalue weighted by Crippen LogP contribution is -2.00. The Morgan fingerprint density at radius 1 is 1.22 bits per heavy atom. The molecule has 0 aliphatic heterocycles. The minimum absolute atomic E-state index is 0.344. The number of rotatable bonds is 3. The quantitative estimate of drug-likeness (QED) is 0.630. The molecule has 1 aromatic carbocycles. The van der Waals surface area contributed by atoms with E-state index in [4.69, 9.17) is 16.3 Å². The number of hydrogen-bond acceptors (Lipinski definition) is 4. The fraction of sp³-hybridized carbons (Fsp3) is 0.0769. The molecule has 0 aliphatic rings. The molecule has 0 aliphatic carbocycles. The van der Waals surface area contributed by atoms with Gasteiger partial charge in [-0.15, -0.1) is 0 Å². The Bertz CT molecular complexity index is 572. The van der Waals surface area contributed by atoms with Crippen LogP contribution in [0.2, 0.25) is 5.15 Å². The molecule has 4 nitrogen and oxygen atoms in total. The molecule has 5 heteroatoms. The molecule has 0 N–H and O–H groups in total. The number of carbonyl (C=O) groups excluding carboxylic acids is 1. The Morgan fingerprint density at radius 3 is 2.72 bits per heavy atom. The summed E-state index contributed by atoms with van der Waals surface area (Å²) >= 11 is 5.75. The lowest BCUT2D eigenvalue weighted by molar-refractivity contribution is 0.0600. The van der Waals surface area contributed by atoms with Crippen molar-refractivity contribution >= 4 is 17.6 Å². The van der Waals surface area contributed by atoms with Crippen LogP contribution in [0.1, 0.15) is 10.4 Å². The molecule has 0 radical (unpaired) electrons. The summed E-state index contributed by atoms with van der Waals surface area (Å²) in [5.74, 6) is 0.672. The minimum Gasteiger partial charge on any atom is -0.465 e. The van der Waals surface area contributed by atoms with Crippen molar-refractivity contribution in [2.24, 2.45) is 0 Å². The second-order valence-corrected chi connectivity index (χ2v) is 3.82. The number of aromatic nitrogens is 1. The van der Waals surface area contributed by atoms with E-state index in [1.807, 2.05) is 0 Å². The van der Waals surface area contributed by atoms with Crippen molar-refractivity contribution in [1.82, 2.24) is 4.98 Å². The summed E-state index contributed by atoms with van der Waals surface area (Å²) in [6, 6.07) is 9.96. The molecular weight excluding hydrogens is 254 g/mol. The second-order valence-electron chi connectivity index (χ2n) is 3.44. The third-order valence-corrected chi connectivity index (χ3v) is 2.40. The van der Waals surface area contributed by atoms with Crippen molar-refractivity contribution in [1.29, 1.82) is 0 Å². The van der Waals surface area contributed by atoms with E-state index in [1.54, 1.807) is 42.6 Å². The number of benzene rings is 1. The van der Waals surface area contributed by atoms with Crippen molar-refractivity contribution in [3.63, 3.8) is 0 Å². The van der Waals surface area contributed by atoms with Crippen LogP contribution in [0.25, 0.3) is 0 Å². The van der Waals surface area contributed by atoms with E-state index in [9.17, 15) is 4.79 Å². The van der Waals surface area contributed by atoms with Gasteiger partial charge in [-0.2, -0.15) is 0 Å². The first-order valence-corrected chi connectivity index (χ1v) is 5.54. The number of nitrogens with zero attached hydrogens (tertiary/aromatic N) is 1. The van der Waals surface area contributed by atoms with Crippen molar-refractivity contribution in [2.75, 3.05) is 7.11 Å². The van der Waals surface area contributed by atoms with Gasteiger partial charge in [-0.3, -0.25) is 0 Å². The van der Waals surface area contributed by atoms with Crippen LogP contribution >= 0.6 is 11.6 Å². The molecule has 2 aromatic rings. The monoisotopic (exact) mass is 263 g/mol. The zero-order valence-corrected chi connectivity index (χ0v) is 10.3. The predicted molar refractivity (Wildman–Crippen MR) is 67.1 cm³/mol. The van der Waals surface area contributed by atoms with Crippen molar-refractivity contribution in [3.8, 4) is 11.5 Å². The average Bonchev–Trinajstić information content (AvgIpc) is 2.38. The first kappa shape index (κ1) is 12.4. The highest BCUT2D eigenvalue weighted by atomic mass is 35.5. The Labute approximate surface area is 109 Å². The smallest absolute Gasteiger partial charge is 0.337 e. The molecule has 0 unspecified atom stereocenters. The van der Waals surface area contributed by atoms with Gasteiger partial charge in [0, 0.05) is 12.3 Å². The fourth-order valence-corrected chi connectivity index (χ4v) is 1.55. The summed E-state index contributed by atoms with van der Waals surface area (Å²) in [4.78, 5) is 15.2. The van der Waals surface area contributed by atoms with E-state index >= 15 is 0 Å². The van der Waals surface area contributed by atoms with Crippen LogP contribution < -0.4 is 4.74 Å². The zero-order chi connectivity index (χ0) is 13.0. The van der Waals surface area contributed by atoms with Gasteiger partial charge in [0.2, 0.25) is 0 Å². The molecule has 92 valence electrons. The maximum Gasteiger partial charge on any atom is 0.337 e. The number of halogens is 1. The van der Waals surface area contributed by atoms with Gasteiger partial charge in [-0.05, 0) is 24.3 Å². The molecule has 0 fully saturated rings. The molecule has 18 heavy (non-hydrogen) atoms. The third-order valence-electron chi connectivity index (χ3n) is 2.19. The molecule has 0 amide bonds. The number of carbonyl (C=O) groups is 1. The maximum atomic E-state index is 11.4. The largest absolute Gasteiger partial charge is 0.465 e. The van der Waals surface area contributed by atoms with Crippen LogP contribution in [0, 0.1) is 0 Å². The highest BCUT2D eigenvalue weighted by Crippen LogP contribution is 2.23. The molecule has 0 saturated heterocycles. The van der Waals surface area contributed by atoms with E-state index < -0.39 is 5.97 Å². The Balaban J connectivity index is 2.22. The summed E-state index contributed by atoms with van der Waals surface area (Å²) in [6.07, 6.45) is 1.54. The topological polar surface area (TPSA) is 48.4 Å². The van der Waals surface area contributed by atoms with Gasteiger partial charge in [0.05, 0.1) is 12.7 Å². The van der Waals surface area contributed by atoms with E-state index in [1.165, 1.54) is 7.11 Å². The fourth-order valence-electron chi connectivity index (χ4n) is 1.39. The van der Waals surface area contributed by atoms with Crippen LogP contribution in [-0.4, -0.2) is 18.1 Å². The Hall–Kier alpha value is -2.07. The number of methoxy groups -OCH3 is 1. The summed E-state index contributed by atoms with van der Waals surface area (Å²) in [5.41, 5.74) is 0.426. The Morgan fingerprint density at radius 2 is 2.00 bits per heavy atom. The molecule has 1 heterocycles. The molecule has 0 bridgehead atoms. The summed E-state index contributed by atoms with van der Waals surface area (Å²) < 4.78 is 10.2. The average molecular weight is 264 g/mol. The van der Waals surface area contributed by atoms with Crippen molar-refractivity contribution in [3.05, 3.63) is 53.3 Å². The zero-order valence-electron chi connectivity index (χ0n) is 9.59. The lowest BCUT2D eigenvalue weighted by atomic mass is 10.2. The van der Waals surface area contributed by atoms with Crippen LogP contribution in [0.4, 0.5) is 0 Å². The second kappa shape index (κ2) is 5.51. The summed E-state index contributed by atoms with van der Waals surface area (Å²) in [6.45, 7) is 0. The number of hydrogen-bond donors (Lipinski definition) is 0. The molecule has 0 spiro atoms. The summed E-state index contributed by atoms with van der Waals surface area (Å²) in [7, 11) is 1.33. The normalized spacial score (nSPS) is 9.89. The van der Waals surface area contributed by atoms with E-state index in [-0.39, 0.29) is 0 Å². The molecule has 0 atom stereocenters. The predicted octanol–water partition coefficient (Wildman–Crippen LogP) is 3.31. The van der Waals surface area contributed by atoms with Gasteiger partial charge in [-0.25, -0.2) is 9.78 Å². The van der Waals surface area contributed by atoms with Crippen LogP contribution in [0.3, 0.4) is 0 Å². The number of pyridine rings is 1. The van der Waals surface area contributed by atoms with Crippen LogP contribution in [0.15, 0.2) is 42.6 Å². The van der Waals surface area contributed by atoms with Gasteiger partial charge < -0.3 is 9.47 Å².